The predicted octanol–water partition coefficient (Wildman–Crippen LogP) is 7.41. The average molecular weight is 654 g/mol. The molecule has 200 valence electrons. The van der Waals surface area contributed by atoms with Gasteiger partial charge in [0, 0.05) is 38.0 Å². The number of allylic oxidation sites excluding steroid dienone is 2. The molecule has 2 aromatic carbocycles. The van der Waals surface area contributed by atoms with Crippen LogP contribution in [0.15, 0.2) is 101 Å². The number of furan rings is 2. The number of hydrogen-bond donors (Lipinski definition) is 0. The van der Waals surface area contributed by atoms with Gasteiger partial charge >= 0.3 is 0 Å². The van der Waals surface area contributed by atoms with Crippen molar-refractivity contribution in [2.24, 2.45) is 4.99 Å². The fourth-order valence-electron chi connectivity index (χ4n) is 4.70. The zero-order chi connectivity index (χ0) is 28.1. The smallest absolute Gasteiger partial charge is 0.271 e. The molecule has 6 rings (SSSR count). The summed E-state index contributed by atoms with van der Waals surface area (Å²) in [5.41, 5.74) is 2.22. The van der Waals surface area contributed by atoms with Gasteiger partial charge in [-0.15, -0.1) is 0 Å². The van der Waals surface area contributed by atoms with Crippen molar-refractivity contribution in [3.05, 3.63) is 124 Å². The van der Waals surface area contributed by atoms with Crippen LogP contribution in [0, 0.1) is 0 Å². The van der Waals surface area contributed by atoms with Gasteiger partial charge in [0.15, 0.2) is 10.6 Å². The van der Waals surface area contributed by atoms with E-state index in [1.807, 2.05) is 30.3 Å². The van der Waals surface area contributed by atoms with Crippen LogP contribution >= 0.6 is 50.5 Å². The monoisotopic (exact) mass is 652 g/mol. The number of fused-ring (bicyclic) bond motifs is 1. The van der Waals surface area contributed by atoms with Gasteiger partial charge in [0.05, 0.1) is 9.55 Å². The molecule has 4 heterocycles. The molecule has 0 fully saturated rings. The second-order valence-corrected chi connectivity index (χ2v) is 11.9. The van der Waals surface area contributed by atoms with E-state index < -0.39 is 6.04 Å². The maximum atomic E-state index is 13.8. The van der Waals surface area contributed by atoms with Crippen molar-refractivity contribution in [2.45, 2.75) is 19.9 Å². The average Bonchev–Trinajstić information content (AvgIpc) is 3.64. The third-order valence-corrected chi connectivity index (χ3v) is 8.58. The van der Waals surface area contributed by atoms with E-state index in [1.165, 1.54) is 22.8 Å². The van der Waals surface area contributed by atoms with Gasteiger partial charge in [-0.1, -0.05) is 62.6 Å². The minimum atomic E-state index is -0.750. The molecule has 0 radical (unpaired) electrons. The zero-order valence-corrected chi connectivity index (χ0v) is 25.0. The summed E-state index contributed by atoms with van der Waals surface area (Å²) in [6.45, 7) is 3.25. The molecular formula is C30H19BrCl2N2O4S. The number of halogens is 3. The minimum Gasteiger partial charge on any atom is -0.458 e. The van der Waals surface area contributed by atoms with Gasteiger partial charge in [0.25, 0.3) is 5.56 Å². The molecule has 3 aromatic heterocycles. The molecule has 0 spiro atoms. The normalized spacial score (nSPS) is 15.3. The number of ketones is 1. The third kappa shape index (κ3) is 4.86. The number of benzene rings is 2. The molecular weight excluding hydrogens is 635 g/mol. The second kappa shape index (κ2) is 10.5. The van der Waals surface area contributed by atoms with Gasteiger partial charge in [0.2, 0.25) is 0 Å². The number of nitrogens with zero attached hydrogens (tertiary/aromatic N) is 2. The summed E-state index contributed by atoms with van der Waals surface area (Å²) < 4.78 is 15.1. The van der Waals surface area contributed by atoms with Crippen LogP contribution in [0.5, 0.6) is 0 Å². The minimum absolute atomic E-state index is 0.183. The van der Waals surface area contributed by atoms with E-state index in [0.717, 1.165) is 10.0 Å². The summed E-state index contributed by atoms with van der Waals surface area (Å²) in [6, 6.07) is 19.3. The standard InChI is InChI=1S/C30H19BrCl2N2O4S/c1-15-27(16(2)36)28(25-12-11-23(39-25)17-3-5-18(31)6-4-17)35-29(37)26(40-30(35)34-15)14-20-8-10-24(38-20)21-9-7-19(32)13-22(21)33/h3-14,28H,1-2H3/b26-14+/t28-/m1/s1. The molecule has 0 amide bonds. The second-order valence-electron chi connectivity index (χ2n) is 9.17. The highest BCUT2D eigenvalue weighted by molar-refractivity contribution is 9.10. The Labute approximate surface area is 250 Å². The van der Waals surface area contributed by atoms with Gasteiger partial charge in [-0.05, 0) is 68.4 Å². The summed E-state index contributed by atoms with van der Waals surface area (Å²) in [4.78, 5) is 31.7. The van der Waals surface area contributed by atoms with Crippen molar-refractivity contribution in [3.63, 3.8) is 0 Å². The predicted molar refractivity (Wildman–Crippen MR) is 160 cm³/mol. The van der Waals surface area contributed by atoms with Crippen molar-refractivity contribution < 1.29 is 13.6 Å². The van der Waals surface area contributed by atoms with E-state index in [9.17, 15) is 9.59 Å². The molecule has 0 saturated carbocycles. The molecule has 1 aliphatic heterocycles. The Balaban J connectivity index is 1.45. The molecule has 0 N–H and O–H groups in total. The number of aromatic nitrogens is 1. The molecule has 40 heavy (non-hydrogen) atoms. The molecule has 1 aliphatic rings. The Hall–Kier alpha value is -3.43. The number of thiazole rings is 1. The molecule has 0 unspecified atom stereocenters. The summed E-state index contributed by atoms with van der Waals surface area (Å²) >= 11 is 17.0. The lowest BCUT2D eigenvalue weighted by atomic mass is 9.98. The van der Waals surface area contributed by atoms with Crippen molar-refractivity contribution >= 4 is 62.3 Å². The number of carbonyl (C=O) groups excluding carboxylic acids is 1. The number of hydrogen-bond acceptors (Lipinski definition) is 6. The number of rotatable bonds is 5. The topological polar surface area (TPSA) is 77.7 Å². The van der Waals surface area contributed by atoms with Crippen LogP contribution in [-0.2, 0) is 4.79 Å². The largest absolute Gasteiger partial charge is 0.458 e. The SMILES string of the molecule is CC(=O)C1=C(C)N=c2s/c(=C/c3ccc(-c4ccc(Cl)cc4Cl)o3)c(=O)n2[C@@H]1c1ccc(-c2ccc(Br)cc2)o1. The van der Waals surface area contributed by atoms with Crippen LogP contribution in [0.25, 0.3) is 28.7 Å². The molecule has 0 saturated heterocycles. The summed E-state index contributed by atoms with van der Waals surface area (Å²) in [6.07, 6.45) is 1.66. The summed E-state index contributed by atoms with van der Waals surface area (Å²) in [7, 11) is 0. The maximum absolute atomic E-state index is 13.8. The number of Topliss-reactive ketones (excluding diaryl/α,β-unsaturated/α-hetero) is 1. The lowest BCUT2D eigenvalue weighted by Gasteiger charge is -2.22. The van der Waals surface area contributed by atoms with Crippen molar-refractivity contribution in [1.29, 1.82) is 0 Å². The highest BCUT2D eigenvalue weighted by Gasteiger charge is 2.33. The van der Waals surface area contributed by atoms with E-state index in [1.54, 1.807) is 49.4 Å². The summed E-state index contributed by atoms with van der Waals surface area (Å²) in [5, 5.41) is 0.984. The van der Waals surface area contributed by atoms with Crippen molar-refractivity contribution in [3.8, 4) is 22.6 Å². The van der Waals surface area contributed by atoms with Gasteiger partial charge < -0.3 is 8.83 Å². The maximum Gasteiger partial charge on any atom is 0.271 e. The Morgan fingerprint density at radius 2 is 1.77 bits per heavy atom. The Morgan fingerprint density at radius 1 is 1.02 bits per heavy atom. The first-order valence-corrected chi connectivity index (χ1v) is 14.5. The Kier molecular flexibility index (Phi) is 7.04. The highest BCUT2D eigenvalue weighted by atomic mass is 79.9. The van der Waals surface area contributed by atoms with Gasteiger partial charge in [-0.3, -0.25) is 14.2 Å². The van der Waals surface area contributed by atoms with Crippen LogP contribution in [0.3, 0.4) is 0 Å². The molecule has 0 aliphatic carbocycles. The van der Waals surface area contributed by atoms with Gasteiger partial charge in [0.1, 0.15) is 29.1 Å². The van der Waals surface area contributed by atoms with Crippen molar-refractivity contribution in [2.75, 3.05) is 0 Å². The molecule has 0 bridgehead atoms. The Bertz CT molecular complexity index is 2010. The van der Waals surface area contributed by atoms with E-state index in [-0.39, 0.29) is 11.3 Å². The fourth-order valence-corrected chi connectivity index (χ4v) is 6.50. The molecule has 1 atom stereocenters. The molecule has 10 heteroatoms. The van der Waals surface area contributed by atoms with Gasteiger partial charge in [-0.25, -0.2) is 4.99 Å². The van der Waals surface area contributed by atoms with Crippen LogP contribution < -0.4 is 14.9 Å². The van der Waals surface area contributed by atoms with E-state index in [2.05, 4.69) is 20.9 Å². The fraction of sp³-hybridized carbons (Fsp3) is 0.100. The van der Waals surface area contributed by atoms with Crippen LogP contribution in [0.4, 0.5) is 0 Å². The first-order valence-electron chi connectivity index (χ1n) is 12.1. The first kappa shape index (κ1) is 26.8. The quantitative estimate of drug-likeness (QED) is 0.198. The Morgan fingerprint density at radius 3 is 2.50 bits per heavy atom. The lowest BCUT2D eigenvalue weighted by molar-refractivity contribution is -0.114. The molecule has 5 aromatic rings. The number of carbonyl (C=O) groups is 1. The summed E-state index contributed by atoms with van der Waals surface area (Å²) in [5.74, 6) is 1.94. The van der Waals surface area contributed by atoms with Crippen molar-refractivity contribution in [1.82, 2.24) is 4.57 Å². The highest BCUT2D eigenvalue weighted by Crippen LogP contribution is 2.35. The first-order chi connectivity index (χ1) is 19.2. The lowest BCUT2D eigenvalue weighted by Crippen LogP contribution is -2.39. The third-order valence-electron chi connectivity index (χ3n) is 6.52. The van der Waals surface area contributed by atoms with Crippen LogP contribution in [0.1, 0.15) is 31.4 Å². The van der Waals surface area contributed by atoms with E-state index in [4.69, 9.17) is 32.0 Å². The molecule has 6 nitrogen and oxygen atoms in total. The van der Waals surface area contributed by atoms with Crippen LogP contribution in [0.2, 0.25) is 10.0 Å². The van der Waals surface area contributed by atoms with E-state index >= 15 is 0 Å². The van der Waals surface area contributed by atoms with E-state index in [0.29, 0.717) is 59.3 Å². The van der Waals surface area contributed by atoms with Gasteiger partial charge in [-0.2, -0.15) is 0 Å². The zero-order valence-electron chi connectivity index (χ0n) is 21.1. The van der Waals surface area contributed by atoms with Crippen LogP contribution in [-0.4, -0.2) is 10.4 Å².